The van der Waals surface area contributed by atoms with Gasteiger partial charge in [0.05, 0.1) is 12.7 Å². The van der Waals surface area contributed by atoms with Crippen LogP contribution in [0.1, 0.15) is 20.3 Å². The number of hydrogen-bond donors (Lipinski definition) is 1. The van der Waals surface area contributed by atoms with E-state index in [9.17, 15) is 19.5 Å². The number of aliphatic carboxylic acids is 1. The minimum atomic E-state index is -1.22. The van der Waals surface area contributed by atoms with Crippen LogP contribution in [0.3, 0.4) is 0 Å². The Morgan fingerprint density at radius 3 is 2.12 bits per heavy atom. The van der Waals surface area contributed by atoms with Gasteiger partial charge in [-0.05, 0) is 20.3 Å². The maximum absolute atomic E-state index is 11.8. The summed E-state index contributed by atoms with van der Waals surface area (Å²) in [7, 11) is 0. The second-order valence-corrected chi connectivity index (χ2v) is 5.73. The molecule has 0 aliphatic carbocycles. The van der Waals surface area contributed by atoms with Crippen molar-refractivity contribution >= 4 is 17.9 Å². The maximum Gasteiger partial charge on any atom is 0.333 e. The molecule has 3 atom stereocenters. The number of carbonyl (C=O) groups is 3. The highest BCUT2D eigenvalue weighted by Crippen LogP contribution is 2.29. The summed E-state index contributed by atoms with van der Waals surface area (Å²) in [5.74, 6) is -3.33. The van der Waals surface area contributed by atoms with E-state index >= 15 is 0 Å². The minimum absolute atomic E-state index is 0.131. The lowest BCUT2D eigenvalue weighted by Crippen LogP contribution is -2.36. The van der Waals surface area contributed by atoms with Gasteiger partial charge in [-0.1, -0.05) is 19.7 Å². The zero-order valence-electron chi connectivity index (χ0n) is 13.9. The second kappa shape index (κ2) is 8.44. The van der Waals surface area contributed by atoms with E-state index in [4.69, 9.17) is 14.2 Å². The Balaban J connectivity index is 2.95. The van der Waals surface area contributed by atoms with E-state index in [1.165, 1.54) is 13.8 Å². The Kier molecular flexibility index (Phi) is 6.91. The van der Waals surface area contributed by atoms with Gasteiger partial charge in [-0.25, -0.2) is 14.4 Å². The Bertz CT molecular complexity index is 571. The van der Waals surface area contributed by atoms with Crippen LogP contribution in [-0.2, 0) is 28.6 Å². The van der Waals surface area contributed by atoms with Gasteiger partial charge in [-0.3, -0.25) is 0 Å². The molecule has 3 unspecified atom stereocenters. The SMILES string of the molecule is C=C(C)C(=O)OCC(OC(=O)C(=C)C)C(CC1CO1)C(=C)C(=O)O. The Morgan fingerprint density at radius 1 is 1.17 bits per heavy atom. The van der Waals surface area contributed by atoms with Crippen molar-refractivity contribution in [2.24, 2.45) is 5.92 Å². The monoisotopic (exact) mass is 338 g/mol. The molecular weight excluding hydrogens is 316 g/mol. The molecule has 1 aliphatic heterocycles. The van der Waals surface area contributed by atoms with Gasteiger partial charge in [-0.2, -0.15) is 0 Å². The van der Waals surface area contributed by atoms with Crippen molar-refractivity contribution in [3.8, 4) is 0 Å². The first-order valence-corrected chi connectivity index (χ1v) is 7.36. The molecule has 1 rings (SSSR count). The fourth-order valence-electron chi connectivity index (χ4n) is 1.92. The number of carboxylic acids is 1. The molecule has 0 aromatic carbocycles. The van der Waals surface area contributed by atoms with Crippen molar-refractivity contribution in [2.45, 2.75) is 32.5 Å². The molecule has 132 valence electrons. The highest BCUT2D eigenvalue weighted by Gasteiger charge is 2.37. The first-order chi connectivity index (χ1) is 11.1. The van der Waals surface area contributed by atoms with E-state index in [-0.39, 0.29) is 29.4 Å². The number of rotatable bonds is 10. The molecule has 7 heteroatoms. The van der Waals surface area contributed by atoms with Crippen LogP contribution in [-0.4, -0.2) is 48.4 Å². The van der Waals surface area contributed by atoms with E-state index in [1.807, 2.05) is 0 Å². The molecule has 0 aromatic rings. The predicted molar refractivity (Wildman–Crippen MR) is 85.1 cm³/mol. The van der Waals surface area contributed by atoms with Crippen LogP contribution in [0.2, 0.25) is 0 Å². The zero-order chi connectivity index (χ0) is 18.4. The van der Waals surface area contributed by atoms with E-state index in [0.717, 1.165) is 0 Å². The normalized spacial score (nSPS) is 18.0. The van der Waals surface area contributed by atoms with Crippen molar-refractivity contribution in [2.75, 3.05) is 13.2 Å². The highest BCUT2D eigenvalue weighted by molar-refractivity contribution is 5.89. The van der Waals surface area contributed by atoms with E-state index in [2.05, 4.69) is 19.7 Å². The van der Waals surface area contributed by atoms with Gasteiger partial charge in [0.2, 0.25) is 0 Å². The summed E-state index contributed by atoms with van der Waals surface area (Å²) in [5.41, 5.74) is 0.184. The van der Waals surface area contributed by atoms with Crippen molar-refractivity contribution in [1.29, 1.82) is 0 Å². The van der Waals surface area contributed by atoms with Gasteiger partial charge >= 0.3 is 17.9 Å². The number of carboxylic acid groups (broad SMARTS) is 1. The van der Waals surface area contributed by atoms with Crippen molar-refractivity contribution < 1.29 is 33.7 Å². The Morgan fingerprint density at radius 2 is 1.71 bits per heavy atom. The van der Waals surface area contributed by atoms with Crippen molar-refractivity contribution in [1.82, 2.24) is 0 Å². The third-order valence-electron chi connectivity index (χ3n) is 3.42. The fraction of sp³-hybridized carbons (Fsp3) is 0.471. The molecule has 1 aliphatic rings. The number of esters is 2. The third kappa shape index (κ3) is 6.00. The fourth-order valence-corrected chi connectivity index (χ4v) is 1.92. The van der Waals surface area contributed by atoms with Crippen LogP contribution in [0.15, 0.2) is 36.5 Å². The predicted octanol–water partition coefficient (Wildman–Crippen LogP) is 1.64. The average Bonchev–Trinajstić information content (AvgIpc) is 3.31. The molecule has 0 aromatic heterocycles. The summed E-state index contributed by atoms with van der Waals surface area (Å²) in [6.45, 7) is 13.6. The molecule has 0 saturated carbocycles. The summed E-state index contributed by atoms with van der Waals surface area (Å²) < 4.78 is 15.4. The molecule has 7 nitrogen and oxygen atoms in total. The Labute approximate surface area is 140 Å². The highest BCUT2D eigenvalue weighted by atomic mass is 16.6. The largest absolute Gasteiger partial charge is 0.478 e. The number of hydrogen-bond acceptors (Lipinski definition) is 6. The number of epoxide rings is 1. The molecule has 0 spiro atoms. The summed E-state index contributed by atoms with van der Waals surface area (Å²) in [5, 5.41) is 9.22. The topological polar surface area (TPSA) is 102 Å². The first-order valence-electron chi connectivity index (χ1n) is 7.36. The lowest BCUT2D eigenvalue weighted by Gasteiger charge is -2.26. The first kappa shape index (κ1) is 19.6. The minimum Gasteiger partial charge on any atom is -0.478 e. The molecule has 1 saturated heterocycles. The van der Waals surface area contributed by atoms with Crippen molar-refractivity contribution in [3.05, 3.63) is 36.5 Å². The summed E-state index contributed by atoms with van der Waals surface area (Å²) in [6, 6.07) is 0. The van der Waals surface area contributed by atoms with Gasteiger partial charge < -0.3 is 19.3 Å². The Hall–Kier alpha value is -2.41. The van der Waals surface area contributed by atoms with Gasteiger partial charge in [0.1, 0.15) is 12.7 Å². The lowest BCUT2D eigenvalue weighted by atomic mass is 9.89. The summed E-state index contributed by atoms with van der Waals surface area (Å²) in [4.78, 5) is 34.7. The van der Waals surface area contributed by atoms with E-state index in [1.54, 1.807) is 0 Å². The van der Waals surface area contributed by atoms with Gasteiger partial charge in [0.15, 0.2) is 0 Å². The molecular formula is C17H22O7. The van der Waals surface area contributed by atoms with Crippen LogP contribution in [0, 0.1) is 5.92 Å². The third-order valence-corrected chi connectivity index (χ3v) is 3.42. The molecule has 0 radical (unpaired) electrons. The van der Waals surface area contributed by atoms with Crippen LogP contribution in [0.4, 0.5) is 0 Å². The summed E-state index contributed by atoms with van der Waals surface area (Å²) >= 11 is 0. The molecule has 1 heterocycles. The van der Waals surface area contributed by atoms with Gasteiger partial charge in [0, 0.05) is 22.6 Å². The maximum atomic E-state index is 11.8. The van der Waals surface area contributed by atoms with E-state index in [0.29, 0.717) is 13.0 Å². The standard InChI is InChI=1S/C17H22O7/c1-9(2)16(20)23-8-14(24-17(21)10(3)4)13(6-12-7-22-12)11(5)15(18)19/h12-14H,1,3,5-8H2,2,4H3,(H,18,19). The van der Waals surface area contributed by atoms with Crippen LogP contribution in [0.5, 0.6) is 0 Å². The average molecular weight is 338 g/mol. The molecule has 1 N–H and O–H groups in total. The van der Waals surface area contributed by atoms with Gasteiger partial charge in [-0.15, -0.1) is 0 Å². The quantitative estimate of drug-likeness (QED) is 0.367. The zero-order valence-corrected chi connectivity index (χ0v) is 13.9. The van der Waals surface area contributed by atoms with Crippen molar-refractivity contribution in [3.63, 3.8) is 0 Å². The second-order valence-electron chi connectivity index (χ2n) is 5.73. The van der Waals surface area contributed by atoms with Crippen LogP contribution < -0.4 is 0 Å². The van der Waals surface area contributed by atoms with Gasteiger partial charge in [0.25, 0.3) is 0 Å². The lowest BCUT2D eigenvalue weighted by molar-refractivity contribution is -0.157. The van der Waals surface area contributed by atoms with Crippen LogP contribution >= 0.6 is 0 Å². The molecule has 0 bridgehead atoms. The smallest absolute Gasteiger partial charge is 0.333 e. The number of ether oxygens (including phenoxy) is 3. The number of carbonyl (C=O) groups excluding carboxylic acids is 2. The molecule has 0 amide bonds. The molecule has 24 heavy (non-hydrogen) atoms. The molecule has 1 fully saturated rings. The van der Waals surface area contributed by atoms with Crippen LogP contribution in [0.25, 0.3) is 0 Å². The van der Waals surface area contributed by atoms with E-state index < -0.39 is 29.9 Å². The summed E-state index contributed by atoms with van der Waals surface area (Å²) in [6.07, 6.45) is -0.844.